The Labute approximate surface area is 183 Å². The van der Waals surface area contributed by atoms with Crippen molar-refractivity contribution in [3.63, 3.8) is 0 Å². The van der Waals surface area contributed by atoms with Crippen molar-refractivity contribution in [3.05, 3.63) is 29.0 Å². The van der Waals surface area contributed by atoms with Gasteiger partial charge in [-0.25, -0.2) is 13.8 Å². The number of fused-ring (bicyclic) bond motifs is 1. The molecule has 2 aliphatic rings. The molecular formula is C21H27F2N7S. The molecule has 2 N–H and O–H groups in total. The Morgan fingerprint density at radius 3 is 2.90 bits per heavy atom. The van der Waals surface area contributed by atoms with Crippen molar-refractivity contribution in [1.82, 2.24) is 30.2 Å². The van der Waals surface area contributed by atoms with Gasteiger partial charge in [0.1, 0.15) is 0 Å². The van der Waals surface area contributed by atoms with Crippen molar-refractivity contribution in [2.75, 3.05) is 31.1 Å². The summed E-state index contributed by atoms with van der Waals surface area (Å²) < 4.78 is 28.1. The van der Waals surface area contributed by atoms with E-state index in [1.165, 1.54) is 18.4 Å². The first kappa shape index (κ1) is 20.7. The topological polar surface area (TPSA) is 70.4 Å². The monoisotopic (exact) mass is 447 g/mol. The number of hydrogen-bond acceptors (Lipinski definition) is 7. The van der Waals surface area contributed by atoms with Gasteiger partial charge in [0.2, 0.25) is 0 Å². The summed E-state index contributed by atoms with van der Waals surface area (Å²) in [5, 5.41) is 14.8. The summed E-state index contributed by atoms with van der Waals surface area (Å²) in [6.45, 7) is 8.12. The molecule has 2 fully saturated rings. The number of halogens is 2. The lowest BCUT2D eigenvalue weighted by Crippen LogP contribution is -2.50. The first-order valence-electron chi connectivity index (χ1n) is 10.8. The van der Waals surface area contributed by atoms with Crippen LogP contribution in [0, 0.1) is 0 Å². The van der Waals surface area contributed by atoms with E-state index in [1.54, 1.807) is 0 Å². The average Bonchev–Trinajstić information content (AvgIpc) is 3.15. The fourth-order valence-corrected chi connectivity index (χ4v) is 4.84. The number of imidazole rings is 1. The van der Waals surface area contributed by atoms with Gasteiger partial charge in [0.05, 0.1) is 17.4 Å². The summed E-state index contributed by atoms with van der Waals surface area (Å²) in [6, 6.07) is 2.60. The van der Waals surface area contributed by atoms with Crippen LogP contribution in [0.3, 0.4) is 0 Å². The lowest BCUT2D eigenvalue weighted by atomic mass is 10.1. The van der Waals surface area contributed by atoms with E-state index in [0.29, 0.717) is 22.4 Å². The van der Waals surface area contributed by atoms with E-state index in [9.17, 15) is 8.78 Å². The van der Waals surface area contributed by atoms with Gasteiger partial charge in [-0.15, -0.1) is 10.2 Å². The van der Waals surface area contributed by atoms with Gasteiger partial charge in [-0.1, -0.05) is 11.3 Å². The van der Waals surface area contributed by atoms with Gasteiger partial charge < -0.3 is 15.5 Å². The standard InChI is InChI=1S/C21H27F2N7S/c1-13-10-24-7-8-29(13)15-9-14(3-6-26-21(2)4-5-21)12-30-16(15)11-25-18(30)20-28-27-19(31-20)17(22)23/h9,11-13,17,24,26H,3-8,10H2,1-2H3/t13-/m1/s1. The Kier molecular flexibility index (Phi) is 5.39. The zero-order valence-corrected chi connectivity index (χ0v) is 18.6. The first-order chi connectivity index (χ1) is 14.9. The normalized spacial score (nSPS) is 20.7. The summed E-state index contributed by atoms with van der Waals surface area (Å²) in [5.74, 6) is 0.562. The molecule has 0 amide bonds. The number of aromatic nitrogens is 4. The molecule has 3 aromatic heterocycles. The molecule has 10 heteroatoms. The number of nitrogens with zero attached hydrogens (tertiary/aromatic N) is 5. The largest absolute Gasteiger partial charge is 0.365 e. The molecule has 1 saturated heterocycles. The van der Waals surface area contributed by atoms with Crippen molar-refractivity contribution in [3.8, 4) is 10.8 Å². The number of nitrogens with one attached hydrogen (secondary N) is 2. The number of alkyl halides is 2. The molecule has 166 valence electrons. The van der Waals surface area contributed by atoms with Crippen LogP contribution in [0.1, 0.15) is 43.7 Å². The fourth-order valence-electron chi connectivity index (χ4n) is 4.14. The van der Waals surface area contributed by atoms with Gasteiger partial charge in [-0.2, -0.15) is 0 Å². The molecule has 1 aliphatic heterocycles. The Hall–Kier alpha value is -2.17. The zero-order chi connectivity index (χ0) is 21.6. The molecule has 7 nitrogen and oxygen atoms in total. The second kappa shape index (κ2) is 8.07. The van der Waals surface area contributed by atoms with E-state index < -0.39 is 6.43 Å². The average molecular weight is 448 g/mol. The van der Waals surface area contributed by atoms with E-state index in [0.717, 1.165) is 55.1 Å². The van der Waals surface area contributed by atoms with Crippen LogP contribution in [0.25, 0.3) is 16.3 Å². The van der Waals surface area contributed by atoms with Gasteiger partial charge in [0.15, 0.2) is 15.8 Å². The molecule has 0 spiro atoms. The maximum absolute atomic E-state index is 13.1. The van der Waals surface area contributed by atoms with Crippen molar-refractivity contribution in [2.45, 2.75) is 51.1 Å². The summed E-state index contributed by atoms with van der Waals surface area (Å²) in [6.07, 6.45) is 4.59. The van der Waals surface area contributed by atoms with Crippen LogP contribution in [-0.4, -0.2) is 57.3 Å². The minimum atomic E-state index is -2.62. The molecule has 5 rings (SSSR count). The summed E-state index contributed by atoms with van der Waals surface area (Å²) >= 11 is 0.899. The second-order valence-corrected chi connectivity index (χ2v) is 9.81. The molecular weight excluding hydrogens is 420 g/mol. The van der Waals surface area contributed by atoms with Crippen LogP contribution < -0.4 is 15.5 Å². The van der Waals surface area contributed by atoms with E-state index in [-0.39, 0.29) is 5.01 Å². The summed E-state index contributed by atoms with van der Waals surface area (Å²) in [5.41, 5.74) is 3.56. The predicted molar refractivity (Wildman–Crippen MR) is 118 cm³/mol. The number of anilines is 1. The van der Waals surface area contributed by atoms with Crippen LogP contribution in [0.15, 0.2) is 18.5 Å². The van der Waals surface area contributed by atoms with E-state index in [4.69, 9.17) is 0 Å². The van der Waals surface area contributed by atoms with Crippen LogP contribution in [0.4, 0.5) is 14.5 Å². The molecule has 0 radical (unpaired) electrons. The fraction of sp³-hybridized carbons (Fsp3) is 0.571. The summed E-state index contributed by atoms with van der Waals surface area (Å²) in [4.78, 5) is 6.96. The Morgan fingerprint density at radius 2 is 2.19 bits per heavy atom. The van der Waals surface area contributed by atoms with Crippen LogP contribution in [-0.2, 0) is 6.42 Å². The molecule has 0 bridgehead atoms. The smallest absolute Gasteiger partial charge is 0.291 e. The highest BCUT2D eigenvalue weighted by Gasteiger charge is 2.36. The third-order valence-electron chi connectivity index (χ3n) is 6.27. The van der Waals surface area contributed by atoms with Gasteiger partial charge in [-0.3, -0.25) is 4.40 Å². The molecule has 3 aromatic rings. The Balaban J connectivity index is 1.54. The van der Waals surface area contributed by atoms with Crippen LogP contribution in [0.2, 0.25) is 0 Å². The highest BCUT2D eigenvalue weighted by Crippen LogP contribution is 2.35. The van der Waals surface area contributed by atoms with Crippen molar-refractivity contribution >= 4 is 22.5 Å². The number of hydrogen-bond donors (Lipinski definition) is 2. The molecule has 4 heterocycles. The van der Waals surface area contributed by atoms with E-state index in [1.807, 2.05) is 10.6 Å². The Morgan fingerprint density at radius 1 is 1.35 bits per heavy atom. The highest BCUT2D eigenvalue weighted by atomic mass is 32.1. The van der Waals surface area contributed by atoms with Gasteiger partial charge >= 0.3 is 0 Å². The third kappa shape index (κ3) is 4.16. The SMILES string of the molecule is C[C@@H]1CNCCN1c1cc(CCNC2(C)CC2)cn2c(-c3nnc(C(F)F)s3)ncc12. The molecule has 1 atom stereocenters. The number of rotatable bonds is 7. The van der Waals surface area contributed by atoms with E-state index in [2.05, 4.69) is 56.8 Å². The molecule has 0 unspecified atom stereocenters. The summed E-state index contributed by atoms with van der Waals surface area (Å²) in [7, 11) is 0. The van der Waals surface area contributed by atoms with Crippen molar-refractivity contribution in [1.29, 1.82) is 0 Å². The van der Waals surface area contributed by atoms with Crippen molar-refractivity contribution < 1.29 is 8.78 Å². The number of piperazine rings is 1. The highest BCUT2D eigenvalue weighted by molar-refractivity contribution is 7.14. The van der Waals surface area contributed by atoms with Crippen LogP contribution >= 0.6 is 11.3 Å². The molecule has 1 saturated carbocycles. The second-order valence-electron chi connectivity index (χ2n) is 8.80. The van der Waals surface area contributed by atoms with Crippen LogP contribution in [0.5, 0.6) is 0 Å². The Bertz CT molecular complexity index is 1080. The van der Waals surface area contributed by atoms with E-state index >= 15 is 0 Å². The maximum atomic E-state index is 13.1. The lowest BCUT2D eigenvalue weighted by molar-refractivity contribution is 0.150. The van der Waals surface area contributed by atoms with Gasteiger partial charge in [0.25, 0.3) is 6.43 Å². The van der Waals surface area contributed by atoms with Gasteiger partial charge in [-0.05, 0) is 51.3 Å². The predicted octanol–water partition coefficient (Wildman–Crippen LogP) is 3.27. The lowest BCUT2D eigenvalue weighted by Gasteiger charge is -2.36. The molecule has 1 aliphatic carbocycles. The first-order valence-corrected chi connectivity index (χ1v) is 11.6. The minimum absolute atomic E-state index is 0.277. The van der Waals surface area contributed by atoms with Crippen molar-refractivity contribution in [2.24, 2.45) is 0 Å². The molecule has 31 heavy (non-hydrogen) atoms. The minimum Gasteiger partial charge on any atom is -0.365 e. The maximum Gasteiger partial charge on any atom is 0.291 e. The van der Waals surface area contributed by atoms with Gasteiger partial charge in [0, 0.05) is 37.4 Å². The zero-order valence-electron chi connectivity index (χ0n) is 17.7. The number of pyridine rings is 1. The quantitative estimate of drug-likeness (QED) is 0.579. The third-order valence-corrected chi connectivity index (χ3v) is 7.20. The molecule has 0 aromatic carbocycles.